The Bertz CT molecular complexity index is 294. The maximum Gasteiger partial charge on any atom is 0.150 e. The lowest BCUT2D eigenvalue weighted by Gasteiger charge is -2.06. The predicted octanol–water partition coefficient (Wildman–Crippen LogP) is 2.33. The van der Waals surface area contributed by atoms with Gasteiger partial charge in [0.15, 0.2) is 0 Å². The molecule has 0 unspecified atom stereocenters. The lowest BCUT2D eigenvalue weighted by molar-refractivity contribution is 0.112. The van der Waals surface area contributed by atoms with E-state index in [1.807, 2.05) is 32.2 Å². The average molecular weight is 191 g/mol. The molecule has 0 fully saturated rings. The summed E-state index contributed by atoms with van der Waals surface area (Å²) in [5.74, 6) is 0. The minimum atomic E-state index is 0.751. The third-order valence-corrected chi connectivity index (χ3v) is 1.93. The highest BCUT2D eigenvalue weighted by Crippen LogP contribution is 2.11. The zero-order chi connectivity index (χ0) is 11.0. The second-order valence-electron chi connectivity index (χ2n) is 2.79. The van der Waals surface area contributed by atoms with Crippen LogP contribution in [0.3, 0.4) is 0 Å². The molecule has 0 saturated carbocycles. The van der Waals surface area contributed by atoms with Gasteiger partial charge < -0.3 is 5.32 Å². The van der Waals surface area contributed by atoms with Crippen LogP contribution in [0, 0.1) is 6.92 Å². The number of rotatable bonds is 3. The number of hydrogen-bond acceptors (Lipinski definition) is 2. The molecule has 1 aromatic rings. The Kier molecular flexibility index (Phi) is 6.33. The van der Waals surface area contributed by atoms with E-state index >= 15 is 0 Å². The molecule has 0 atom stereocenters. The lowest BCUT2D eigenvalue weighted by Crippen LogP contribution is -2.09. The fourth-order valence-corrected chi connectivity index (χ4v) is 1.25. The molecule has 2 nitrogen and oxygen atoms in total. The van der Waals surface area contributed by atoms with E-state index in [1.165, 1.54) is 0 Å². The van der Waals surface area contributed by atoms with Gasteiger partial charge in [0.1, 0.15) is 6.29 Å². The summed E-state index contributed by atoms with van der Waals surface area (Å²) in [5.41, 5.74) is 3.04. The Morgan fingerprint density at radius 2 is 2.07 bits per heavy atom. The topological polar surface area (TPSA) is 29.1 Å². The monoisotopic (exact) mass is 191 g/mol. The van der Waals surface area contributed by atoms with Crippen LogP contribution in [0.15, 0.2) is 31.4 Å². The Balaban J connectivity index is 0.000000791. The lowest BCUT2D eigenvalue weighted by atomic mass is 10.0. The van der Waals surface area contributed by atoms with E-state index in [9.17, 15) is 4.79 Å². The molecule has 0 aliphatic rings. The summed E-state index contributed by atoms with van der Waals surface area (Å²) in [6.07, 6.45) is 0.902. The molecule has 0 spiro atoms. The van der Waals surface area contributed by atoms with Crippen molar-refractivity contribution >= 4 is 6.29 Å². The zero-order valence-electron chi connectivity index (χ0n) is 8.84. The van der Waals surface area contributed by atoms with Crippen molar-refractivity contribution in [3.8, 4) is 0 Å². The molecule has 14 heavy (non-hydrogen) atoms. The summed E-state index contributed by atoms with van der Waals surface area (Å²) >= 11 is 0. The first-order chi connectivity index (χ1) is 6.79. The molecule has 0 radical (unpaired) electrons. The fraction of sp³-hybridized carbons (Fsp3) is 0.250. The highest BCUT2D eigenvalue weighted by molar-refractivity contribution is 5.77. The first kappa shape index (κ1) is 12.6. The first-order valence-electron chi connectivity index (χ1n) is 4.48. The summed E-state index contributed by atoms with van der Waals surface area (Å²) in [5, 5.41) is 3.04. The number of carbonyl (C=O) groups excluding carboxylic acids is 1. The molecule has 1 aromatic carbocycles. The van der Waals surface area contributed by atoms with Crippen LogP contribution >= 0.6 is 0 Å². The summed E-state index contributed by atoms with van der Waals surface area (Å²) in [6, 6.07) is 5.75. The maximum atomic E-state index is 10.6. The van der Waals surface area contributed by atoms with Crippen LogP contribution < -0.4 is 5.32 Å². The van der Waals surface area contributed by atoms with Crippen molar-refractivity contribution in [2.45, 2.75) is 13.5 Å². The van der Waals surface area contributed by atoms with Crippen molar-refractivity contribution in [3.05, 3.63) is 48.0 Å². The Morgan fingerprint density at radius 3 is 2.57 bits per heavy atom. The molecule has 0 heterocycles. The van der Waals surface area contributed by atoms with Crippen LogP contribution in [0.1, 0.15) is 21.5 Å². The van der Waals surface area contributed by atoms with Gasteiger partial charge in [-0.05, 0) is 25.1 Å². The Hall–Kier alpha value is -1.41. The zero-order valence-corrected chi connectivity index (χ0v) is 8.84. The van der Waals surface area contributed by atoms with Crippen LogP contribution in [-0.2, 0) is 6.54 Å². The number of nitrogens with one attached hydrogen (secondary N) is 1. The minimum Gasteiger partial charge on any atom is -0.316 e. The molecule has 2 heteroatoms. The van der Waals surface area contributed by atoms with E-state index in [0.717, 1.165) is 29.5 Å². The third-order valence-electron chi connectivity index (χ3n) is 1.93. The summed E-state index contributed by atoms with van der Waals surface area (Å²) in [7, 11) is 1.88. The maximum absolute atomic E-state index is 10.6. The smallest absolute Gasteiger partial charge is 0.150 e. The Labute approximate surface area is 85.6 Å². The van der Waals surface area contributed by atoms with Crippen molar-refractivity contribution < 1.29 is 4.79 Å². The summed E-state index contributed by atoms with van der Waals surface area (Å²) < 4.78 is 0. The van der Waals surface area contributed by atoms with Crippen LogP contribution in [0.4, 0.5) is 0 Å². The number of aldehydes is 1. The van der Waals surface area contributed by atoms with E-state index in [-0.39, 0.29) is 0 Å². The van der Waals surface area contributed by atoms with Crippen molar-refractivity contribution in [2.24, 2.45) is 0 Å². The van der Waals surface area contributed by atoms with Gasteiger partial charge in [-0.15, -0.1) is 13.2 Å². The molecular formula is C12H17NO. The van der Waals surface area contributed by atoms with Crippen LogP contribution in [0.25, 0.3) is 0 Å². The second kappa shape index (κ2) is 7.04. The van der Waals surface area contributed by atoms with Crippen molar-refractivity contribution in [2.75, 3.05) is 7.05 Å². The quantitative estimate of drug-likeness (QED) is 0.587. The van der Waals surface area contributed by atoms with Crippen LogP contribution in [0.2, 0.25) is 0 Å². The normalized spacial score (nSPS) is 8.71. The van der Waals surface area contributed by atoms with Crippen molar-refractivity contribution in [1.29, 1.82) is 0 Å². The summed E-state index contributed by atoms with van der Waals surface area (Å²) in [4.78, 5) is 10.6. The van der Waals surface area contributed by atoms with Gasteiger partial charge in [-0.1, -0.05) is 18.2 Å². The molecule has 1 rings (SSSR count). The standard InChI is InChI=1S/C10H13NO.C2H4/c1-8-4-3-5-9(7-12)10(8)6-11-2;1-2/h3-5,7,11H,6H2,1-2H3;1-2H2. The fourth-order valence-electron chi connectivity index (χ4n) is 1.25. The molecule has 0 amide bonds. The largest absolute Gasteiger partial charge is 0.316 e. The van der Waals surface area contributed by atoms with Gasteiger partial charge >= 0.3 is 0 Å². The van der Waals surface area contributed by atoms with Gasteiger partial charge in [0.05, 0.1) is 0 Å². The van der Waals surface area contributed by atoms with E-state index < -0.39 is 0 Å². The van der Waals surface area contributed by atoms with Gasteiger partial charge in [-0.2, -0.15) is 0 Å². The molecule has 0 saturated heterocycles. The third kappa shape index (κ3) is 3.15. The highest BCUT2D eigenvalue weighted by atomic mass is 16.1. The minimum absolute atomic E-state index is 0.751. The van der Waals surface area contributed by atoms with E-state index in [1.54, 1.807) is 0 Å². The van der Waals surface area contributed by atoms with Crippen LogP contribution in [-0.4, -0.2) is 13.3 Å². The SMILES string of the molecule is C=C.CNCc1c(C)cccc1C=O. The molecule has 0 bridgehead atoms. The number of hydrogen-bond donors (Lipinski definition) is 1. The first-order valence-corrected chi connectivity index (χ1v) is 4.48. The average Bonchev–Trinajstić information content (AvgIpc) is 2.24. The van der Waals surface area contributed by atoms with E-state index in [0.29, 0.717) is 0 Å². The van der Waals surface area contributed by atoms with Gasteiger partial charge in [-0.3, -0.25) is 4.79 Å². The van der Waals surface area contributed by atoms with Gasteiger partial charge in [0.25, 0.3) is 0 Å². The van der Waals surface area contributed by atoms with Crippen molar-refractivity contribution in [3.63, 3.8) is 0 Å². The molecule has 76 valence electrons. The van der Waals surface area contributed by atoms with Gasteiger partial charge in [0, 0.05) is 12.1 Å². The molecule has 0 aromatic heterocycles. The second-order valence-corrected chi connectivity index (χ2v) is 2.79. The summed E-state index contributed by atoms with van der Waals surface area (Å²) in [6.45, 7) is 8.76. The molecule has 0 aliphatic heterocycles. The highest BCUT2D eigenvalue weighted by Gasteiger charge is 2.02. The van der Waals surface area contributed by atoms with Gasteiger partial charge in [-0.25, -0.2) is 0 Å². The van der Waals surface area contributed by atoms with Crippen LogP contribution in [0.5, 0.6) is 0 Å². The van der Waals surface area contributed by atoms with Gasteiger partial charge in [0.2, 0.25) is 0 Å². The Morgan fingerprint density at radius 1 is 1.43 bits per heavy atom. The number of benzene rings is 1. The molecular weight excluding hydrogens is 174 g/mol. The molecule has 0 aliphatic carbocycles. The molecule has 1 N–H and O–H groups in total. The van der Waals surface area contributed by atoms with E-state index in [2.05, 4.69) is 18.5 Å². The number of carbonyl (C=O) groups is 1. The number of aryl methyl sites for hydroxylation is 1. The predicted molar refractivity (Wildman–Crippen MR) is 60.6 cm³/mol. The van der Waals surface area contributed by atoms with Crippen molar-refractivity contribution in [1.82, 2.24) is 5.32 Å². The van der Waals surface area contributed by atoms with E-state index in [4.69, 9.17) is 0 Å².